The van der Waals surface area contributed by atoms with Crippen LogP contribution in [0.4, 0.5) is 4.79 Å². The summed E-state index contributed by atoms with van der Waals surface area (Å²) in [4.78, 5) is 25.1. The number of hydrogen-bond acceptors (Lipinski definition) is 2. The quantitative estimate of drug-likeness (QED) is 0.837. The number of urea groups is 1. The van der Waals surface area contributed by atoms with Gasteiger partial charge < -0.3 is 15.5 Å². The maximum Gasteiger partial charge on any atom is 0.315 e. The number of benzene rings is 1. The Kier molecular flexibility index (Phi) is 6.68. The minimum atomic E-state index is -0.150. The standard InChI is InChI=1S/C19H25N3O2/c1-22(2)18(23)16-12-10-15(11-13-16)7-6-14-20-19(24)21-17-8-4-3-5-9-17/h10-13,17H,3-5,8-9,14H2,1-2H3,(H2,20,21,24). The lowest BCUT2D eigenvalue weighted by atomic mass is 9.96. The molecule has 24 heavy (non-hydrogen) atoms. The lowest BCUT2D eigenvalue weighted by Gasteiger charge is -2.22. The summed E-state index contributed by atoms with van der Waals surface area (Å²) in [6, 6.07) is 7.29. The molecule has 0 aromatic heterocycles. The number of hydrogen-bond donors (Lipinski definition) is 2. The van der Waals surface area contributed by atoms with Gasteiger partial charge in [0.15, 0.2) is 0 Å². The molecule has 0 spiro atoms. The second-order valence-electron chi connectivity index (χ2n) is 6.24. The zero-order valence-corrected chi connectivity index (χ0v) is 14.4. The summed E-state index contributed by atoms with van der Waals surface area (Å²) in [6.07, 6.45) is 5.78. The van der Waals surface area contributed by atoms with Gasteiger partial charge in [0.2, 0.25) is 0 Å². The van der Waals surface area contributed by atoms with Crippen LogP contribution in [-0.2, 0) is 0 Å². The van der Waals surface area contributed by atoms with E-state index in [9.17, 15) is 9.59 Å². The average molecular weight is 327 g/mol. The summed E-state index contributed by atoms with van der Waals surface area (Å²) in [5, 5.41) is 5.75. The zero-order valence-electron chi connectivity index (χ0n) is 14.4. The summed E-state index contributed by atoms with van der Waals surface area (Å²) in [5.74, 6) is 5.87. The molecule has 0 heterocycles. The fourth-order valence-corrected chi connectivity index (χ4v) is 2.71. The summed E-state index contributed by atoms with van der Waals surface area (Å²) in [6.45, 7) is 0.303. The molecular formula is C19H25N3O2. The summed E-state index contributed by atoms with van der Waals surface area (Å²) in [7, 11) is 3.44. The molecule has 0 unspecified atom stereocenters. The molecule has 0 atom stereocenters. The number of carbonyl (C=O) groups excluding carboxylic acids is 2. The Bertz CT molecular complexity index is 620. The first-order valence-corrected chi connectivity index (χ1v) is 8.41. The highest BCUT2D eigenvalue weighted by Gasteiger charge is 2.14. The topological polar surface area (TPSA) is 61.4 Å². The van der Waals surface area contributed by atoms with Crippen LogP contribution < -0.4 is 10.6 Å². The van der Waals surface area contributed by atoms with E-state index < -0.39 is 0 Å². The molecule has 1 aromatic carbocycles. The van der Waals surface area contributed by atoms with Crippen LogP contribution in [0.5, 0.6) is 0 Å². The van der Waals surface area contributed by atoms with Crippen LogP contribution in [0.3, 0.4) is 0 Å². The van der Waals surface area contributed by atoms with Crippen molar-refractivity contribution in [2.75, 3.05) is 20.6 Å². The van der Waals surface area contributed by atoms with Gasteiger partial charge in [0, 0.05) is 31.3 Å². The van der Waals surface area contributed by atoms with Crippen LogP contribution in [-0.4, -0.2) is 43.5 Å². The van der Waals surface area contributed by atoms with Gasteiger partial charge >= 0.3 is 6.03 Å². The number of nitrogens with zero attached hydrogens (tertiary/aromatic N) is 1. The van der Waals surface area contributed by atoms with Gasteiger partial charge in [-0.3, -0.25) is 4.79 Å². The maximum atomic E-state index is 11.8. The third-order valence-electron chi connectivity index (χ3n) is 4.05. The van der Waals surface area contributed by atoms with Gasteiger partial charge in [-0.25, -0.2) is 4.79 Å². The molecule has 1 fully saturated rings. The molecule has 0 bridgehead atoms. The predicted octanol–water partition coefficient (Wildman–Crippen LogP) is 2.37. The Morgan fingerprint density at radius 1 is 1.12 bits per heavy atom. The summed E-state index contributed by atoms with van der Waals surface area (Å²) >= 11 is 0. The van der Waals surface area contributed by atoms with Gasteiger partial charge in [0.05, 0.1) is 6.54 Å². The lowest BCUT2D eigenvalue weighted by molar-refractivity contribution is 0.0827. The van der Waals surface area contributed by atoms with Gasteiger partial charge in [-0.2, -0.15) is 0 Å². The molecule has 0 radical (unpaired) electrons. The highest BCUT2D eigenvalue weighted by atomic mass is 16.2. The molecule has 1 saturated carbocycles. The summed E-state index contributed by atoms with van der Waals surface area (Å²) < 4.78 is 0. The molecular weight excluding hydrogens is 302 g/mol. The Labute approximate surface area is 143 Å². The Morgan fingerprint density at radius 2 is 1.79 bits per heavy atom. The van der Waals surface area contributed by atoms with E-state index in [0.29, 0.717) is 18.2 Å². The largest absolute Gasteiger partial charge is 0.345 e. The van der Waals surface area contributed by atoms with E-state index in [1.165, 1.54) is 24.2 Å². The van der Waals surface area contributed by atoms with Gasteiger partial charge in [-0.1, -0.05) is 31.1 Å². The van der Waals surface area contributed by atoms with E-state index in [4.69, 9.17) is 0 Å². The molecule has 0 saturated heterocycles. The van der Waals surface area contributed by atoms with Crippen LogP contribution >= 0.6 is 0 Å². The monoisotopic (exact) mass is 327 g/mol. The SMILES string of the molecule is CN(C)C(=O)c1ccc(C#CCNC(=O)NC2CCCCC2)cc1. The van der Waals surface area contributed by atoms with Crippen molar-refractivity contribution >= 4 is 11.9 Å². The number of rotatable bonds is 3. The first-order chi connectivity index (χ1) is 11.6. The number of carbonyl (C=O) groups is 2. The van der Waals surface area contributed by atoms with Gasteiger partial charge in [0.1, 0.15) is 0 Å². The molecule has 5 heteroatoms. The van der Waals surface area contributed by atoms with Gasteiger partial charge in [-0.05, 0) is 37.1 Å². The van der Waals surface area contributed by atoms with E-state index in [1.807, 2.05) is 12.1 Å². The van der Waals surface area contributed by atoms with Crippen LogP contribution in [0.2, 0.25) is 0 Å². The highest BCUT2D eigenvalue weighted by molar-refractivity contribution is 5.93. The molecule has 5 nitrogen and oxygen atoms in total. The third-order valence-corrected chi connectivity index (χ3v) is 4.05. The van der Waals surface area contributed by atoms with Crippen LogP contribution in [0.25, 0.3) is 0 Å². The Hall–Kier alpha value is -2.48. The third kappa shape index (κ3) is 5.62. The van der Waals surface area contributed by atoms with E-state index >= 15 is 0 Å². The maximum absolute atomic E-state index is 11.8. The van der Waals surface area contributed by atoms with Crippen LogP contribution in [0, 0.1) is 11.8 Å². The summed E-state index contributed by atoms with van der Waals surface area (Å²) in [5.41, 5.74) is 1.45. The molecule has 1 aliphatic rings. The molecule has 1 aliphatic carbocycles. The second kappa shape index (κ2) is 8.97. The highest BCUT2D eigenvalue weighted by Crippen LogP contribution is 2.17. The number of nitrogens with one attached hydrogen (secondary N) is 2. The molecule has 3 amide bonds. The second-order valence-corrected chi connectivity index (χ2v) is 6.24. The van der Waals surface area contributed by atoms with E-state index in [-0.39, 0.29) is 11.9 Å². The van der Waals surface area contributed by atoms with Crippen molar-refractivity contribution in [3.63, 3.8) is 0 Å². The first kappa shape index (κ1) is 17.9. The van der Waals surface area contributed by atoms with Crippen LogP contribution in [0.1, 0.15) is 48.0 Å². The van der Waals surface area contributed by atoms with E-state index in [1.54, 1.807) is 26.2 Å². The predicted molar refractivity (Wildman–Crippen MR) is 94.7 cm³/mol. The zero-order chi connectivity index (χ0) is 17.4. The fraction of sp³-hybridized carbons (Fsp3) is 0.474. The van der Waals surface area contributed by atoms with Crippen molar-refractivity contribution in [2.45, 2.75) is 38.1 Å². The van der Waals surface area contributed by atoms with Crippen molar-refractivity contribution in [3.05, 3.63) is 35.4 Å². The smallest absolute Gasteiger partial charge is 0.315 e. The number of amides is 3. The Morgan fingerprint density at radius 3 is 2.42 bits per heavy atom. The van der Waals surface area contributed by atoms with Crippen molar-refractivity contribution in [1.29, 1.82) is 0 Å². The molecule has 0 aliphatic heterocycles. The molecule has 2 N–H and O–H groups in total. The van der Waals surface area contributed by atoms with E-state index in [2.05, 4.69) is 22.5 Å². The minimum Gasteiger partial charge on any atom is -0.345 e. The molecule has 128 valence electrons. The first-order valence-electron chi connectivity index (χ1n) is 8.41. The van der Waals surface area contributed by atoms with Crippen molar-refractivity contribution in [1.82, 2.24) is 15.5 Å². The van der Waals surface area contributed by atoms with Crippen molar-refractivity contribution in [3.8, 4) is 11.8 Å². The van der Waals surface area contributed by atoms with E-state index in [0.717, 1.165) is 18.4 Å². The normalized spacial score (nSPS) is 14.2. The van der Waals surface area contributed by atoms with Crippen molar-refractivity contribution in [2.24, 2.45) is 0 Å². The Balaban J connectivity index is 1.76. The molecule has 1 aromatic rings. The van der Waals surface area contributed by atoms with Crippen molar-refractivity contribution < 1.29 is 9.59 Å². The van der Waals surface area contributed by atoms with Gasteiger partial charge in [0.25, 0.3) is 5.91 Å². The van der Waals surface area contributed by atoms with Gasteiger partial charge in [-0.15, -0.1) is 0 Å². The lowest BCUT2D eigenvalue weighted by Crippen LogP contribution is -2.42. The average Bonchev–Trinajstić information content (AvgIpc) is 2.59. The fourth-order valence-electron chi connectivity index (χ4n) is 2.71. The van der Waals surface area contributed by atoms with Crippen LogP contribution in [0.15, 0.2) is 24.3 Å². The minimum absolute atomic E-state index is 0.0319. The molecule has 2 rings (SSSR count).